The van der Waals surface area contributed by atoms with Crippen LogP contribution in [-0.4, -0.2) is 39.1 Å². The van der Waals surface area contributed by atoms with Crippen LogP contribution in [0.4, 0.5) is 0 Å². The highest BCUT2D eigenvalue weighted by Crippen LogP contribution is 2.18. The maximum atomic E-state index is 12.4. The zero-order valence-electron chi connectivity index (χ0n) is 19.5. The van der Waals surface area contributed by atoms with Crippen molar-refractivity contribution in [1.29, 1.82) is 0 Å². The third-order valence-electron chi connectivity index (χ3n) is 5.58. The molecule has 1 unspecified atom stereocenters. The van der Waals surface area contributed by atoms with Crippen LogP contribution in [-0.2, 0) is 16.6 Å². The van der Waals surface area contributed by atoms with Gasteiger partial charge in [-0.2, -0.15) is 0 Å². The number of sulfonamides is 1. The number of rotatable bonds is 15. The van der Waals surface area contributed by atoms with Gasteiger partial charge in [0.05, 0.1) is 11.5 Å². The number of benzene rings is 2. The smallest absolute Gasteiger partial charge is 0.240 e. The summed E-state index contributed by atoms with van der Waals surface area (Å²) in [5, 5.41) is 0. The average Bonchev–Trinajstić information content (AvgIpc) is 2.79. The first-order valence-electron chi connectivity index (χ1n) is 11.6. The van der Waals surface area contributed by atoms with Crippen molar-refractivity contribution in [3.63, 3.8) is 0 Å². The fourth-order valence-electron chi connectivity index (χ4n) is 3.69. The number of ether oxygens (including phenoxy) is 1. The molecule has 5 nitrogen and oxygen atoms in total. The minimum atomic E-state index is -3.54. The van der Waals surface area contributed by atoms with Gasteiger partial charge in [-0.25, -0.2) is 13.1 Å². The number of hydrogen-bond acceptors (Lipinski definition) is 4. The van der Waals surface area contributed by atoms with E-state index in [-0.39, 0.29) is 11.4 Å². The molecule has 0 aliphatic heterocycles. The Bertz CT molecular complexity index is 886. The van der Waals surface area contributed by atoms with Gasteiger partial charge < -0.3 is 9.64 Å². The van der Waals surface area contributed by atoms with E-state index in [1.54, 1.807) is 24.3 Å². The molecule has 2 aromatic carbocycles. The first-order chi connectivity index (χ1) is 15.4. The molecule has 0 aliphatic carbocycles. The van der Waals surface area contributed by atoms with Crippen LogP contribution in [0.25, 0.3) is 0 Å². The number of nitrogens with one attached hydrogen (secondary N) is 1. The van der Waals surface area contributed by atoms with Gasteiger partial charge in [-0.15, -0.1) is 0 Å². The molecule has 7 heteroatoms. The van der Waals surface area contributed by atoms with E-state index < -0.39 is 10.0 Å². The highest BCUT2D eigenvalue weighted by atomic mass is 79.9. The second-order valence-electron chi connectivity index (χ2n) is 7.98. The first kappa shape index (κ1) is 26.8. The Balaban J connectivity index is 1.84. The van der Waals surface area contributed by atoms with Crippen LogP contribution in [0.2, 0.25) is 0 Å². The summed E-state index contributed by atoms with van der Waals surface area (Å²) < 4.78 is 34.4. The fraction of sp³-hybridized carbons (Fsp3) is 0.520. The number of hydrogen-bond donors (Lipinski definition) is 1. The lowest BCUT2D eigenvalue weighted by molar-refractivity contribution is 0.158. The second kappa shape index (κ2) is 14.0. The minimum Gasteiger partial charge on any atom is -0.494 e. The molecule has 178 valence electrons. The fourth-order valence-corrected chi connectivity index (χ4v) is 4.98. The molecule has 0 aliphatic rings. The van der Waals surface area contributed by atoms with Crippen molar-refractivity contribution in [2.24, 2.45) is 0 Å². The van der Waals surface area contributed by atoms with Gasteiger partial charge in [0.25, 0.3) is 0 Å². The maximum absolute atomic E-state index is 12.4. The lowest BCUT2D eigenvalue weighted by Crippen LogP contribution is -2.37. The molecule has 0 fully saturated rings. The van der Waals surface area contributed by atoms with Gasteiger partial charge in [0.15, 0.2) is 0 Å². The molecule has 1 atom stereocenters. The molecule has 0 bridgehead atoms. The molecule has 0 radical (unpaired) electrons. The van der Waals surface area contributed by atoms with Gasteiger partial charge in [0.2, 0.25) is 10.0 Å². The molecule has 0 aromatic heterocycles. The van der Waals surface area contributed by atoms with Gasteiger partial charge in [0.1, 0.15) is 5.75 Å². The number of nitrogens with zero attached hydrogens (tertiary/aromatic N) is 1. The van der Waals surface area contributed by atoms with Crippen LogP contribution in [0.3, 0.4) is 0 Å². The molecule has 32 heavy (non-hydrogen) atoms. The van der Waals surface area contributed by atoms with E-state index >= 15 is 0 Å². The van der Waals surface area contributed by atoms with E-state index in [1.807, 2.05) is 24.3 Å². The van der Waals surface area contributed by atoms with Crippen LogP contribution < -0.4 is 9.46 Å². The Labute approximate surface area is 202 Å². The summed E-state index contributed by atoms with van der Waals surface area (Å²) in [5.74, 6) is 0.816. The van der Waals surface area contributed by atoms with Crippen molar-refractivity contribution >= 4 is 26.0 Å². The topological polar surface area (TPSA) is 58.6 Å². The van der Waals surface area contributed by atoms with Crippen LogP contribution in [0.1, 0.15) is 58.4 Å². The molecule has 0 saturated heterocycles. The summed E-state index contributed by atoms with van der Waals surface area (Å²) in [6.45, 7) is 9.87. The average molecular weight is 526 g/mol. The molecule has 0 amide bonds. The quantitative estimate of drug-likeness (QED) is 0.311. The standard InChI is InChI=1S/C25H37BrN2O3S/c1-4-7-18-28(6-3)23(8-5-2)17-19-31-24-13-9-21(10-14-24)20-27-32(29,30)25-15-11-22(26)12-16-25/h9-16,23,27H,4-8,17-20H2,1-3H3. The first-order valence-corrected chi connectivity index (χ1v) is 13.9. The predicted molar refractivity (Wildman–Crippen MR) is 136 cm³/mol. The summed E-state index contributed by atoms with van der Waals surface area (Å²) >= 11 is 3.32. The van der Waals surface area contributed by atoms with Gasteiger partial charge in [-0.3, -0.25) is 0 Å². The summed E-state index contributed by atoms with van der Waals surface area (Å²) in [6.07, 6.45) is 5.84. The predicted octanol–water partition coefficient (Wildman–Crippen LogP) is 5.99. The SMILES string of the molecule is CCCCN(CC)C(CCC)CCOc1ccc(CNS(=O)(=O)c2ccc(Br)cc2)cc1. The summed E-state index contributed by atoms with van der Waals surface area (Å²) in [7, 11) is -3.54. The normalized spacial score (nSPS) is 12.8. The molecule has 1 N–H and O–H groups in total. The van der Waals surface area contributed by atoms with Crippen LogP contribution in [0, 0.1) is 0 Å². The van der Waals surface area contributed by atoms with E-state index in [1.165, 1.54) is 25.7 Å². The third kappa shape index (κ3) is 8.85. The molecule has 2 rings (SSSR count). The lowest BCUT2D eigenvalue weighted by atomic mass is 10.1. The number of unbranched alkanes of at least 4 members (excludes halogenated alkanes) is 1. The Morgan fingerprint density at radius 2 is 1.66 bits per heavy atom. The Morgan fingerprint density at radius 3 is 2.25 bits per heavy atom. The van der Waals surface area contributed by atoms with Crippen molar-refractivity contribution < 1.29 is 13.2 Å². The van der Waals surface area contributed by atoms with Gasteiger partial charge in [-0.05, 0) is 74.3 Å². The second-order valence-corrected chi connectivity index (χ2v) is 10.7. The summed E-state index contributed by atoms with van der Waals surface area (Å²) in [4.78, 5) is 2.83. The molecule has 2 aromatic rings. The molecule has 0 heterocycles. The Morgan fingerprint density at radius 1 is 0.969 bits per heavy atom. The molecular formula is C25H37BrN2O3S. The molecular weight excluding hydrogens is 488 g/mol. The zero-order valence-corrected chi connectivity index (χ0v) is 21.9. The lowest BCUT2D eigenvalue weighted by Gasteiger charge is -2.30. The summed E-state index contributed by atoms with van der Waals surface area (Å²) in [5.41, 5.74) is 0.888. The van der Waals surface area contributed by atoms with Crippen molar-refractivity contribution in [2.75, 3.05) is 19.7 Å². The highest BCUT2D eigenvalue weighted by molar-refractivity contribution is 9.10. The highest BCUT2D eigenvalue weighted by Gasteiger charge is 2.16. The summed E-state index contributed by atoms with van der Waals surface area (Å²) in [6, 6.07) is 14.8. The van der Waals surface area contributed by atoms with E-state index in [4.69, 9.17) is 4.74 Å². The maximum Gasteiger partial charge on any atom is 0.240 e. The van der Waals surface area contributed by atoms with Gasteiger partial charge >= 0.3 is 0 Å². The van der Waals surface area contributed by atoms with Crippen molar-refractivity contribution in [3.8, 4) is 5.75 Å². The van der Waals surface area contributed by atoms with E-state index in [0.29, 0.717) is 12.6 Å². The Hall–Kier alpha value is -1.41. The third-order valence-corrected chi connectivity index (χ3v) is 7.52. The molecule has 0 saturated carbocycles. The number of halogens is 1. The van der Waals surface area contributed by atoms with E-state index in [2.05, 4.69) is 46.3 Å². The van der Waals surface area contributed by atoms with E-state index in [0.717, 1.165) is 35.3 Å². The van der Waals surface area contributed by atoms with Crippen molar-refractivity contribution in [3.05, 3.63) is 58.6 Å². The molecule has 0 spiro atoms. The van der Waals surface area contributed by atoms with E-state index in [9.17, 15) is 8.42 Å². The van der Waals surface area contributed by atoms with Crippen molar-refractivity contribution in [1.82, 2.24) is 9.62 Å². The van der Waals surface area contributed by atoms with Crippen LogP contribution in [0.15, 0.2) is 57.9 Å². The van der Waals surface area contributed by atoms with Crippen LogP contribution in [0.5, 0.6) is 5.75 Å². The minimum absolute atomic E-state index is 0.236. The van der Waals surface area contributed by atoms with Gasteiger partial charge in [0, 0.05) is 17.1 Å². The van der Waals surface area contributed by atoms with Crippen LogP contribution >= 0.6 is 15.9 Å². The van der Waals surface area contributed by atoms with Crippen molar-refractivity contribution in [2.45, 2.75) is 70.4 Å². The largest absolute Gasteiger partial charge is 0.494 e. The zero-order chi connectivity index (χ0) is 23.4. The Kier molecular flexibility index (Phi) is 11.7. The van der Waals surface area contributed by atoms with Gasteiger partial charge in [-0.1, -0.05) is 61.7 Å². The monoisotopic (exact) mass is 524 g/mol.